The van der Waals surface area contributed by atoms with Crippen LogP contribution in [0.25, 0.3) is 0 Å². The molecule has 3 rings (SSSR count). The summed E-state index contributed by atoms with van der Waals surface area (Å²) in [5, 5.41) is 9.35. The Hall–Kier alpha value is -2.65. The Labute approximate surface area is 201 Å². The van der Waals surface area contributed by atoms with Crippen LogP contribution in [0.15, 0.2) is 46.9 Å². The number of piperazine rings is 1. The Kier molecular flexibility index (Phi) is 7.97. The number of aliphatic carboxylic acids is 1. The molecule has 0 spiro atoms. The van der Waals surface area contributed by atoms with E-state index in [1.165, 1.54) is 26.0 Å². The smallest absolute Gasteiger partial charge is 0.347 e. The fraction of sp³-hybridized carbons (Fsp3) is 0.417. The minimum absolute atomic E-state index is 0.0121. The van der Waals surface area contributed by atoms with Crippen LogP contribution in [0.2, 0.25) is 0 Å². The van der Waals surface area contributed by atoms with Crippen molar-refractivity contribution in [1.82, 2.24) is 9.80 Å². The maximum absolute atomic E-state index is 13.1. The third-order valence-corrected chi connectivity index (χ3v) is 5.98. The molecule has 2 aromatic rings. The molecule has 9 heteroatoms. The molecule has 0 unspecified atom stereocenters. The Morgan fingerprint density at radius 3 is 2.48 bits per heavy atom. The minimum Gasteiger partial charge on any atom is -0.480 e. The lowest BCUT2D eigenvalue weighted by atomic mass is 10.1. The zero-order valence-electron chi connectivity index (χ0n) is 18.9. The summed E-state index contributed by atoms with van der Waals surface area (Å²) in [7, 11) is 0. The highest BCUT2D eigenvalue weighted by Gasteiger charge is 2.31. The van der Waals surface area contributed by atoms with Crippen molar-refractivity contribution in [3.05, 3.63) is 58.3 Å². The molecule has 1 aliphatic rings. The molecule has 0 aliphatic carbocycles. The molecule has 7 nitrogen and oxygen atoms in total. The fourth-order valence-electron chi connectivity index (χ4n) is 3.62. The first kappa shape index (κ1) is 25.0. The summed E-state index contributed by atoms with van der Waals surface area (Å²) in [4.78, 5) is 28.3. The van der Waals surface area contributed by atoms with E-state index >= 15 is 0 Å². The highest BCUT2D eigenvalue weighted by molar-refractivity contribution is 9.10. The fourth-order valence-corrected chi connectivity index (χ4v) is 3.96. The Morgan fingerprint density at radius 2 is 1.85 bits per heavy atom. The number of hydrogen-bond acceptors (Lipinski definition) is 5. The largest absolute Gasteiger partial charge is 0.480 e. The molecular weight excluding hydrogens is 495 g/mol. The highest BCUT2D eigenvalue weighted by Crippen LogP contribution is 2.33. The van der Waals surface area contributed by atoms with Crippen molar-refractivity contribution in [2.24, 2.45) is 0 Å². The van der Waals surface area contributed by atoms with E-state index in [-0.39, 0.29) is 30.1 Å². The summed E-state index contributed by atoms with van der Waals surface area (Å²) in [6, 6.07) is 11.4. The van der Waals surface area contributed by atoms with Gasteiger partial charge in [0, 0.05) is 36.7 Å². The molecule has 0 aromatic heterocycles. The second-order valence-electron chi connectivity index (χ2n) is 8.59. The zero-order valence-corrected chi connectivity index (χ0v) is 20.5. The van der Waals surface area contributed by atoms with Crippen molar-refractivity contribution in [2.45, 2.75) is 39.0 Å². The molecule has 0 bridgehead atoms. The normalized spacial score (nSPS) is 17.0. The van der Waals surface area contributed by atoms with Gasteiger partial charge in [-0.3, -0.25) is 9.69 Å². The van der Waals surface area contributed by atoms with Gasteiger partial charge in [-0.15, -0.1) is 0 Å². The van der Waals surface area contributed by atoms with Gasteiger partial charge < -0.3 is 19.5 Å². The molecule has 1 fully saturated rings. The summed E-state index contributed by atoms with van der Waals surface area (Å²) in [5.41, 5.74) is -0.433. The van der Waals surface area contributed by atoms with Crippen molar-refractivity contribution >= 4 is 27.8 Å². The number of amides is 1. The van der Waals surface area contributed by atoms with Gasteiger partial charge in [-0.1, -0.05) is 28.1 Å². The number of carboxylic acids is 1. The third kappa shape index (κ3) is 6.68. The first-order valence-corrected chi connectivity index (χ1v) is 11.5. The number of carbonyl (C=O) groups is 2. The van der Waals surface area contributed by atoms with Crippen LogP contribution >= 0.6 is 15.9 Å². The van der Waals surface area contributed by atoms with Crippen LogP contribution < -0.4 is 9.47 Å². The van der Waals surface area contributed by atoms with E-state index in [0.717, 1.165) is 5.56 Å². The van der Waals surface area contributed by atoms with Gasteiger partial charge in [0.1, 0.15) is 5.82 Å². The number of ether oxygens (including phenoxy) is 2. The van der Waals surface area contributed by atoms with E-state index in [9.17, 15) is 19.1 Å². The molecule has 1 aliphatic heterocycles. The topological polar surface area (TPSA) is 79.3 Å². The molecule has 0 radical (unpaired) electrons. The molecule has 1 saturated heterocycles. The van der Waals surface area contributed by atoms with E-state index in [4.69, 9.17) is 9.47 Å². The third-order valence-electron chi connectivity index (χ3n) is 5.49. The van der Waals surface area contributed by atoms with Crippen molar-refractivity contribution in [2.75, 3.05) is 26.2 Å². The number of benzene rings is 2. The maximum Gasteiger partial charge on any atom is 0.347 e. The monoisotopic (exact) mass is 522 g/mol. The van der Waals surface area contributed by atoms with E-state index in [0.29, 0.717) is 36.4 Å². The summed E-state index contributed by atoms with van der Waals surface area (Å²) in [6.45, 7) is 7.33. The Bertz CT molecular complexity index is 999. The SMILES string of the molecule is C[C@@H]1CN(Cc2ccc(F)cc2)CCN1C(=O)COc1ccc(Br)cc1OC(C)(C)C(=O)O. The van der Waals surface area contributed by atoms with Gasteiger partial charge in [0.05, 0.1) is 0 Å². The standard InChI is InChI=1S/C24H28BrFN2O5/c1-16-13-27(14-17-4-7-19(26)8-5-17)10-11-28(16)22(29)15-32-20-9-6-18(25)12-21(20)33-24(2,3)23(30)31/h4-9,12,16H,10-11,13-15H2,1-3H3,(H,30,31)/t16-/m1/s1. The predicted molar refractivity (Wildman–Crippen MR) is 125 cm³/mol. The molecule has 1 heterocycles. The molecule has 33 heavy (non-hydrogen) atoms. The lowest BCUT2D eigenvalue weighted by Gasteiger charge is -2.40. The lowest BCUT2D eigenvalue weighted by Crippen LogP contribution is -2.54. The van der Waals surface area contributed by atoms with Gasteiger partial charge in [-0.05, 0) is 56.7 Å². The molecular formula is C24H28BrFN2O5. The Morgan fingerprint density at radius 1 is 1.15 bits per heavy atom. The summed E-state index contributed by atoms with van der Waals surface area (Å²) < 4.78 is 25.2. The van der Waals surface area contributed by atoms with Crippen LogP contribution in [-0.4, -0.2) is 64.7 Å². The molecule has 178 valence electrons. The van der Waals surface area contributed by atoms with Crippen LogP contribution in [-0.2, 0) is 16.1 Å². The van der Waals surface area contributed by atoms with E-state index in [1.807, 2.05) is 6.92 Å². The van der Waals surface area contributed by atoms with Crippen LogP contribution in [0.3, 0.4) is 0 Å². The predicted octanol–water partition coefficient (Wildman–Crippen LogP) is 3.94. The number of carbonyl (C=O) groups excluding carboxylic acids is 1. The van der Waals surface area contributed by atoms with E-state index in [2.05, 4.69) is 20.8 Å². The average molecular weight is 523 g/mol. The van der Waals surface area contributed by atoms with Crippen LogP contribution in [0, 0.1) is 5.82 Å². The zero-order chi connectivity index (χ0) is 24.2. The molecule has 0 saturated carbocycles. The summed E-state index contributed by atoms with van der Waals surface area (Å²) >= 11 is 3.34. The maximum atomic E-state index is 13.1. The Balaban J connectivity index is 1.58. The number of nitrogens with zero attached hydrogens (tertiary/aromatic N) is 2. The number of carboxylic acid groups (broad SMARTS) is 1. The van der Waals surface area contributed by atoms with Crippen LogP contribution in [0.5, 0.6) is 11.5 Å². The van der Waals surface area contributed by atoms with E-state index < -0.39 is 11.6 Å². The quantitative estimate of drug-likeness (QED) is 0.565. The van der Waals surface area contributed by atoms with Crippen LogP contribution in [0.4, 0.5) is 4.39 Å². The molecule has 1 amide bonds. The van der Waals surface area contributed by atoms with Gasteiger partial charge >= 0.3 is 5.97 Å². The molecule has 2 aromatic carbocycles. The van der Waals surface area contributed by atoms with Crippen LogP contribution in [0.1, 0.15) is 26.3 Å². The van der Waals surface area contributed by atoms with Gasteiger partial charge in [0.2, 0.25) is 0 Å². The molecule has 1 N–H and O–H groups in total. The number of hydrogen-bond donors (Lipinski definition) is 1. The highest BCUT2D eigenvalue weighted by atomic mass is 79.9. The van der Waals surface area contributed by atoms with E-state index in [1.54, 1.807) is 35.2 Å². The van der Waals surface area contributed by atoms with Crippen molar-refractivity contribution in [1.29, 1.82) is 0 Å². The van der Waals surface area contributed by atoms with Gasteiger partial charge in [0.15, 0.2) is 23.7 Å². The van der Waals surface area contributed by atoms with Gasteiger partial charge in [-0.2, -0.15) is 0 Å². The lowest BCUT2D eigenvalue weighted by molar-refractivity contribution is -0.152. The number of rotatable bonds is 8. The second kappa shape index (κ2) is 10.5. The molecule has 1 atom stereocenters. The summed E-state index contributed by atoms with van der Waals surface area (Å²) in [6.07, 6.45) is 0. The van der Waals surface area contributed by atoms with Gasteiger partial charge in [-0.25, -0.2) is 9.18 Å². The minimum atomic E-state index is -1.46. The number of halogens is 2. The first-order chi connectivity index (χ1) is 15.5. The van der Waals surface area contributed by atoms with Crippen molar-refractivity contribution in [3.63, 3.8) is 0 Å². The van der Waals surface area contributed by atoms with Crippen molar-refractivity contribution in [3.8, 4) is 11.5 Å². The first-order valence-electron chi connectivity index (χ1n) is 10.7. The van der Waals surface area contributed by atoms with Crippen molar-refractivity contribution < 1.29 is 28.6 Å². The summed E-state index contributed by atoms with van der Waals surface area (Å²) in [5.74, 6) is -0.995. The average Bonchev–Trinajstić information content (AvgIpc) is 2.74. The second-order valence-corrected chi connectivity index (χ2v) is 9.51. The van der Waals surface area contributed by atoms with Gasteiger partial charge in [0.25, 0.3) is 5.91 Å².